The van der Waals surface area contributed by atoms with Crippen molar-refractivity contribution in [1.29, 1.82) is 0 Å². The van der Waals surface area contributed by atoms with Crippen molar-refractivity contribution in [2.24, 2.45) is 0 Å². The van der Waals surface area contributed by atoms with Crippen molar-refractivity contribution in [2.75, 3.05) is 13.1 Å². The van der Waals surface area contributed by atoms with Crippen LogP contribution in [0.5, 0.6) is 0 Å². The molecule has 0 aliphatic carbocycles. The molecule has 96 valence electrons. The summed E-state index contributed by atoms with van der Waals surface area (Å²) in [6.45, 7) is 1.36. The molecule has 0 aliphatic heterocycles. The van der Waals surface area contributed by atoms with Crippen LogP contribution in [0.2, 0.25) is 0 Å². The van der Waals surface area contributed by atoms with Gasteiger partial charge in [0.25, 0.3) is 0 Å². The Hall–Kier alpha value is 0.686. The summed E-state index contributed by atoms with van der Waals surface area (Å²) < 4.78 is 33.6. The second-order valence-corrected chi connectivity index (χ2v) is 5.27. The zero-order chi connectivity index (χ0) is 12.9. The van der Waals surface area contributed by atoms with Gasteiger partial charge in [0.15, 0.2) is 10.3 Å². The van der Waals surface area contributed by atoms with Crippen molar-refractivity contribution in [3.8, 4) is 0 Å². The van der Waals surface area contributed by atoms with Crippen LogP contribution in [0.3, 0.4) is 0 Å². The molecule has 0 amide bonds. The zero-order valence-corrected chi connectivity index (χ0v) is 14.6. The summed E-state index contributed by atoms with van der Waals surface area (Å²) in [6.07, 6.45) is -0.399. The van der Waals surface area contributed by atoms with E-state index < -0.39 is 16.4 Å². The Morgan fingerprint density at radius 1 is 1.33 bits per heavy atom. The van der Waals surface area contributed by atoms with Crippen molar-refractivity contribution in [2.45, 2.75) is 19.4 Å². The van der Waals surface area contributed by atoms with Gasteiger partial charge >= 0.3 is 51.4 Å². The first-order valence-electron chi connectivity index (χ1n) is 5.32. The molecule has 0 saturated heterocycles. The average Bonchev–Trinajstić information content (AvgIpc) is 2.23. The predicted octanol–water partition coefficient (Wildman–Crippen LogP) is -2.62. The number of hydrogen-bond acceptors (Lipinski definition) is 4. The van der Waals surface area contributed by atoms with E-state index >= 15 is 0 Å². The quantitative estimate of drug-likeness (QED) is 0.460. The molecule has 18 heavy (non-hydrogen) atoms. The molecule has 1 aromatic rings. The van der Waals surface area contributed by atoms with Gasteiger partial charge in [0.1, 0.15) is 0 Å². The van der Waals surface area contributed by atoms with Crippen LogP contribution in [-0.2, 0) is 16.7 Å². The van der Waals surface area contributed by atoms with Gasteiger partial charge in [-0.2, -0.15) is 0 Å². The summed E-state index contributed by atoms with van der Waals surface area (Å²) >= 11 is 0. The molecule has 0 aromatic heterocycles. The normalized spacial score (nSPS) is 13.1. The van der Waals surface area contributed by atoms with Gasteiger partial charge in [0, 0.05) is 13.1 Å². The van der Waals surface area contributed by atoms with E-state index in [0.717, 1.165) is 9.87 Å². The summed E-state index contributed by atoms with van der Waals surface area (Å²) in [5.41, 5.74) is 0.951. The van der Waals surface area contributed by atoms with Crippen molar-refractivity contribution in [3.05, 3.63) is 35.9 Å². The van der Waals surface area contributed by atoms with Gasteiger partial charge in [-0.3, -0.25) is 0 Å². The van der Waals surface area contributed by atoms with Crippen LogP contribution in [-0.4, -0.2) is 41.6 Å². The minimum Gasteiger partial charge on any atom is -0.735 e. The molecule has 1 rings (SSSR count). The van der Waals surface area contributed by atoms with Crippen LogP contribution in [0, 0.1) is 0 Å². The van der Waals surface area contributed by atoms with E-state index in [9.17, 15) is 13.0 Å². The molecule has 1 unspecified atom stereocenters. The molecule has 0 spiro atoms. The Labute approximate surface area is 150 Å². The van der Waals surface area contributed by atoms with Crippen LogP contribution < -0.4 is 51.4 Å². The molecule has 0 bridgehead atoms. The third kappa shape index (κ3) is 7.32. The van der Waals surface area contributed by atoms with E-state index in [2.05, 4.69) is 0 Å². The fraction of sp³-hybridized carbons (Fsp3) is 0.455. The van der Waals surface area contributed by atoms with Crippen molar-refractivity contribution in [3.63, 3.8) is 0 Å². The smallest absolute Gasteiger partial charge is 0.735 e. The molecular formula is C11H16KNO4S. The average molecular weight is 297 g/mol. The Morgan fingerprint density at radius 3 is 2.33 bits per heavy atom. The number of benzene rings is 1. The van der Waals surface area contributed by atoms with Crippen LogP contribution in [0.4, 0.5) is 0 Å². The topological polar surface area (TPSA) is 80.7 Å². The summed E-state index contributed by atoms with van der Waals surface area (Å²) in [5.74, 6) is 0. The summed E-state index contributed by atoms with van der Waals surface area (Å²) in [5, 5.41) is 9.14. The summed E-state index contributed by atoms with van der Waals surface area (Å²) in [4.78, 5) is 0. The van der Waals surface area contributed by atoms with Gasteiger partial charge in [-0.05, 0) is 18.9 Å². The maximum atomic E-state index is 10.9. The first kappa shape index (κ1) is 18.7. The van der Waals surface area contributed by atoms with Crippen molar-refractivity contribution < 1.29 is 69.5 Å². The Balaban J connectivity index is 0.00000289. The molecule has 7 heteroatoms. The molecule has 5 nitrogen and oxygen atoms in total. The zero-order valence-electron chi connectivity index (χ0n) is 10.6. The van der Waals surface area contributed by atoms with Crippen LogP contribution in [0.15, 0.2) is 30.3 Å². The minimum atomic E-state index is -4.51. The number of rotatable bonds is 6. The number of hydrogen-bond donors (Lipinski definition) is 1. The van der Waals surface area contributed by atoms with Gasteiger partial charge < -0.3 is 9.66 Å². The fourth-order valence-corrected chi connectivity index (χ4v) is 2.20. The van der Waals surface area contributed by atoms with Crippen molar-refractivity contribution >= 4 is 10.3 Å². The van der Waals surface area contributed by atoms with Gasteiger partial charge in [-0.25, -0.2) is 12.7 Å². The summed E-state index contributed by atoms with van der Waals surface area (Å²) in [7, 11) is -4.51. The molecular weight excluding hydrogens is 281 g/mol. The standard InChI is InChI=1S/C11H17NO4S.K/c1-10(13)9-12(17(14,15)16)8-7-11-5-3-2-4-6-11;/h2-6,10,13H,7-9H2,1H3,(H,14,15,16);/q;+1/p-1. The molecule has 0 heterocycles. The van der Waals surface area contributed by atoms with Gasteiger partial charge in [0.05, 0.1) is 6.10 Å². The van der Waals surface area contributed by atoms with Crippen molar-refractivity contribution in [1.82, 2.24) is 4.31 Å². The van der Waals surface area contributed by atoms with Crippen LogP contribution in [0.25, 0.3) is 0 Å². The number of nitrogens with zero attached hydrogens (tertiary/aromatic N) is 1. The summed E-state index contributed by atoms with van der Waals surface area (Å²) in [6, 6.07) is 9.28. The molecule has 1 N–H and O–H groups in total. The SMILES string of the molecule is CC(O)CN(CCc1ccccc1)S(=O)(=O)[O-].[K+]. The monoisotopic (exact) mass is 297 g/mol. The van der Waals surface area contributed by atoms with E-state index in [1.165, 1.54) is 6.92 Å². The predicted molar refractivity (Wildman–Crippen MR) is 63.1 cm³/mol. The van der Waals surface area contributed by atoms with E-state index in [4.69, 9.17) is 5.11 Å². The Bertz CT molecular complexity index is 436. The van der Waals surface area contributed by atoms with Crippen LogP contribution in [0.1, 0.15) is 12.5 Å². The largest absolute Gasteiger partial charge is 1.00 e. The number of aliphatic hydroxyl groups excluding tert-OH is 1. The van der Waals surface area contributed by atoms with E-state index in [0.29, 0.717) is 6.42 Å². The van der Waals surface area contributed by atoms with Gasteiger partial charge in [0.2, 0.25) is 0 Å². The van der Waals surface area contributed by atoms with E-state index in [1.807, 2.05) is 30.3 Å². The van der Waals surface area contributed by atoms with E-state index in [1.54, 1.807) is 0 Å². The maximum absolute atomic E-state index is 10.9. The first-order valence-corrected chi connectivity index (χ1v) is 6.69. The minimum absolute atomic E-state index is 0. The maximum Gasteiger partial charge on any atom is 1.00 e. The Morgan fingerprint density at radius 2 is 1.89 bits per heavy atom. The second-order valence-electron chi connectivity index (χ2n) is 3.90. The third-order valence-electron chi connectivity index (χ3n) is 2.28. The molecule has 0 radical (unpaired) electrons. The molecule has 1 atom stereocenters. The Kier molecular flexibility index (Phi) is 9.11. The van der Waals surface area contributed by atoms with Gasteiger partial charge in [-0.15, -0.1) is 0 Å². The molecule has 0 aliphatic rings. The first-order chi connectivity index (χ1) is 7.89. The molecule has 1 aromatic carbocycles. The molecule has 0 fully saturated rings. The molecule has 0 saturated carbocycles. The third-order valence-corrected chi connectivity index (χ3v) is 3.24. The van der Waals surface area contributed by atoms with Gasteiger partial charge in [-0.1, -0.05) is 30.3 Å². The number of aliphatic hydroxyl groups is 1. The second kappa shape index (κ2) is 8.78. The van der Waals surface area contributed by atoms with E-state index in [-0.39, 0.29) is 64.5 Å². The fourth-order valence-electron chi connectivity index (χ4n) is 1.49. The van der Waals surface area contributed by atoms with Crippen LogP contribution >= 0.6 is 0 Å².